The summed E-state index contributed by atoms with van der Waals surface area (Å²) in [6, 6.07) is 8.49. The lowest BCUT2D eigenvalue weighted by Gasteiger charge is -2.20. The van der Waals surface area contributed by atoms with Crippen LogP contribution in [0.5, 0.6) is 0 Å². The molecule has 1 fully saturated rings. The van der Waals surface area contributed by atoms with E-state index in [0.29, 0.717) is 24.2 Å². The molecule has 1 aliphatic heterocycles. The third kappa shape index (κ3) is 5.10. The molecule has 4 rings (SSSR count). The van der Waals surface area contributed by atoms with Crippen molar-refractivity contribution >= 4 is 17.5 Å². The second kappa shape index (κ2) is 8.77. The van der Waals surface area contributed by atoms with Crippen LogP contribution in [0.1, 0.15) is 12.1 Å². The van der Waals surface area contributed by atoms with E-state index in [-0.39, 0.29) is 24.2 Å². The minimum atomic E-state index is -4.63. The number of hydrogen-bond donors (Lipinski definition) is 2. The Bertz CT molecular complexity index is 1090. The van der Waals surface area contributed by atoms with Crippen LogP contribution >= 0.6 is 0 Å². The number of amides is 2. The van der Waals surface area contributed by atoms with Crippen LogP contribution in [0.4, 0.5) is 33.9 Å². The average molecular weight is 446 g/mol. The molecule has 1 saturated heterocycles. The Morgan fingerprint density at radius 3 is 2.47 bits per heavy atom. The third-order valence-corrected chi connectivity index (χ3v) is 4.89. The number of carbonyl (C=O) groups excluding carboxylic acids is 1. The fraction of sp³-hybridized carbons (Fsp3) is 0.238. The van der Waals surface area contributed by atoms with Crippen molar-refractivity contribution in [1.29, 1.82) is 0 Å². The molecule has 0 aliphatic carbocycles. The number of rotatable bonds is 4. The van der Waals surface area contributed by atoms with E-state index >= 15 is 0 Å². The van der Waals surface area contributed by atoms with Gasteiger partial charge in [-0.1, -0.05) is 0 Å². The molecule has 2 N–H and O–H groups in total. The van der Waals surface area contributed by atoms with E-state index in [1.807, 2.05) is 0 Å². The Morgan fingerprint density at radius 1 is 1.06 bits per heavy atom. The molecule has 11 heteroatoms. The SMILES string of the molecule is O=C(Nc1ccc(F)cc1)N[C@@H]1CCN(c2cc(C(F)(F)F)nc(-c3ccncc3)n2)C1. The number of anilines is 2. The Morgan fingerprint density at radius 2 is 1.78 bits per heavy atom. The summed E-state index contributed by atoms with van der Waals surface area (Å²) in [6.07, 6.45) is -1.21. The number of nitrogens with zero attached hydrogens (tertiary/aromatic N) is 4. The van der Waals surface area contributed by atoms with Crippen LogP contribution in [-0.2, 0) is 6.18 Å². The zero-order valence-electron chi connectivity index (χ0n) is 16.6. The number of nitrogens with one attached hydrogen (secondary N) is 2. The van der Waals surface area contributed by atoms with Gasteiger partial charge in [-0.05, 0) is 42.8 Å². The van der Waals surface area contributed by atoms with Crippen molar-refractivity contribution < 1.29 is 22.4 Å². The Hall–Kier alpha value is -3.76. The van der Waals surface area contributed by atoms with E-state index in [1.165, 1.54) is 48.8 Å². The lowest BCUT2D eigenvalue weighted by Crippen LogP contribution is -2.39. The van der Waals surface area contributed by atoms with Gasteiger partial charge in [0.15, 0.2) is 11.5 Å². The van der Waals surface area contributed by atoms with Crippen LogP contribution in [0.15, 0.2) is 54.9 Å². The van der Waals surface area contributed by atoms with Crippen LogP contribution in [0.3, 0.4) is 0 Å². The molecule has 0 spiro atoms. The van der Waals surface area contributed by atoms with E-state index in [9.17, 15) is 22.4 Å². The van der Waals surface area contributed by atoms with E-state index in [0.717, 1.165) is 6.07 Å². The second-order valence-electron chi connectivity index (χ2n) is 7.21. The molecule has 166 valence electrons. The summed E-state index contributed by atoms with van der Waals surface area (Å²) in [5, 5.41) is 5.37. The number of aromatic nitrogens is 3. The highest BCUT2D eigenvalue weighted by Crippen LogP contribution is 2.32. The molecular weight excluding hydrogens is 428 g/mol. The standard InChI is InChI=1S/C21H18F4N6O/c22-14-1-3-15(4-2-14)27-20(32)28-16-7-10-31(12-16)18-11-17(21(23,24)25)29-19(30-18)13-5-8-26-9-6-13/h1-6,8-9,11,16H,7,10,12H2,(H2,27,28,32)/t16-/m1/s1. The molecule has 1 aromatic carbocycles. The molecule has 3 heterocycles. The first-order chi connectivity index (χ1) is 15.3. The van der Waals surface area contributed by atoms with Gasteiger partial charge < -0.3 is 15.5 Å². The summed E-state index contributed by atoms with van der Waals surface area (Å²) < 4.78 is 53.2. The molecule has 7 nitrogen and oxygen atoms in total. The molecule has 32 heavy (non-hydrogen) atoms. The van der Waals surface area contributed by atoms with Crippen LogP contribution in [0.2, 0.25) is 0 Å². The molecule has 0 saturated carbocycles. The van der Waals surface area contributed by atoms with Crippen molar-refractivity contribution in [2.24, 2.45) is 0 Å². The largest absolute Gasteiger partial charge is 0.433 e. The fourth-order valence-corrected chi connectivity index (χ4v) is 3.34. The summed E-state index contributed by atoms with van der Waals surface area (Å²) in [4.78, 5) is 25.7. The molecule has 0 unspecified atom stereocenters. The van der Waals surface area contributed by atoms with E-state index in [2.05, 4.69) is 25.6 Å². The van der Waals surface area contributed by atoms with Gasteiger partial charge in [-0.25, -0.2) is 19.2 Å². The quantitative estimate of drug-likeness (QED) is 0.590. The van der Waals surface area contributed by atoms with Crippen LogP contribution < -0.4 is 15.5 Å². The maximum absolute atomic E-state index is 13.4. The van der Waals surface area contributed by atoms with Gasteiger partial charge in [-0.2, -0.15) is 13.2 Å². The minimum absolute atomic E-state index is 0.0531. The average Bonchev–Trinajstić information content (AvgIpc) is 3.23. The van der Waals surface area contributed by atoms with Gasteiger partial charge >= 0.3 is 12.2 Å². The first-order valence-electron chi connectivity index (χ1n) is 9.72. The zero-order valence-corrected chi connectivity index (χ0v) is 16.6. The lowest BCUT2D eigenvalue weighted by atomic mass is 10.2. The molecular formula is C21H18F4N6O. The van der Waals surface area contributed by atoms with Gasteiger partial charge in [0.25, 0.3) is 0 Å². The van der Waals surface area contributed by atoms with Crippen molar-refractivity contribution in [1.82, 2.24) is 20.3 Å². The van der Waals surface area contributed by atoms with Crippen molar-refractivity contribution in [2.45, 2.75) is 18.6 Å². The van der Waals surface area contributed by atoms with E-state index < -0.39 is 23.7 Å². The smallest absolute Gasteiger partial charge is 0.354 e. The van der Waals surface area contributed by atoms with Gasteiger partial charge in [-0.3, -0.25) is 4.98 Å². The highest BCUT2D eigenvalue weighted by molar-refractivity contribution is 5.89. The van der Waals surface area contributed by atoms with Crippen molar-refractivity contribution in [3.05, 3.63) is 66.4 Å². The number of carbonyl (C=O) groups is 1. The normalized spacial score (nSPS) is 16.1. The number of pyridine rings is 1. The van der Waals surface area contributed by atoms with Gasteiger partial charge in [0.1, 0.15) is 11.6 Å². The maximum Gasteiger partial charge on any atom is 0.433 e. The lowest BCUT2D eigenvalue weighted by molar-refractivity contribution is -0.141. The number of urea groups is 1. The van der Waals surface area contributed by atoms with Gasteiger partial charge in [0.05, 0.1) is 0 Å². The number of benzene rings is 1. The number of alkyl halides is 3. The molecule has 0 radical (unpaired) electrons. The van der Waals surface area contributed by atoms with Crippen molar-refractivity contribution in [2.75, 3.05) is 23.3 Å². The molecule has 1 aliphatic rings. The Kier molecular flexibility index (Phi) is 5.89. The highest BCUT2D eigenvalue weighted by Gasteiger charge is 2.35. The minimum Gasteiger partial charge on any atom is -0.354 e. The summed E-state index contributed by atoms with van der Waals surface area (Å²) in [6.45, 7) is 0.687. The molecule has 0 bridgehead atoms. The van der Waals surface area contributed by atoms with E-state index in [1.54, 1.807) is 4.90 Å². The first-order valence-corrected chi connectivity index (χ1v) is 9.72. The molecule has 2 amide bonds. The van der Waals surface area contributed by atoms with Crippen LogP contribution in [0.25, 0.3) is 11.4 Å². The fourth-order valence-electron chi connectivity index (χ4n) is 3.34. The number of hydrogen-bond acceptors (Lipinski definition) is 5. The molecule has 3 aromatic rings. The molecule has 1 atom stereocenters. The first kappa shape index (κ1) is 21.5. The van der Waals surface area contributed by atoms with Crippen LogP contribution in [-0.4, -0.2) is 40.1 Å². The summed E-state index contributed by atoms with van der Waals surface area (Å²) in [7, 11) is 0. The topological polar surface area (TPSA) is 83.0 Å². The van der Waals surface area contributed by atoms with Gasteiger partial charge in [0.2, 0.25) is 0 Å². The third-order valence-electron chi connectivity index (χ3n) is 4.89. The number of halogens is 4. The predicted molar refractivity (Wildman–Crippen MR) is 109 cm³/mol. The Balaban J connectivity index is 1.48. The maximum atomic E-state index is 13.4. The summed E-state index contributed by atoms with van der Waals surface area (Å²) >= 11 is 0. The predicted octanol–water partition coefficient (Wildman–Crippen LogP) is 4.10. The summed E-state index contributed by atoms with van der Waals surface area (Å²) in [5.41, 5.74) is -0.203. The van der Waals surface area contributed by atoms with Crippen molar-refractivity contribution in [3.63, 3.8) is 0 Å². The monoisotopic (exact) mass is 446 g/mol. The second-order valence-corrected chi connectivity index (χ2v) is 7.21. The van der Waals surface area contributed by atoms with Crippen molar-refractivity contribution in [3.8, 4) is 11.4 Å². The highest BCUT2D eigenvalue weighted by atomic mass is 19.4. The van der Waals surface area contributed by atoms with Gasteiger partial charge in [0, 0.05) is 48.8 Å². The van der Waals surface area contributed by atoms with Gasteiger partial charge in [-0.15, -0.1) is 0 Å². The summed E-state index contributed by atoms with van der Waals surface area (Å²) in [5.74, 6) is -0.346. The van der Waals surface area contributed by atoms with Crippen LogP contribution in [0, 0.1) is 5.82 Å². The Labute approximate surface area is 180 Å². The zero-order chi connectivity index (χ0) is 22.7. The van der Waals surface area contributed by atoms with E-state index in [4.69, 9.17) is 0 Å². The molecule has 2 aromatic heterocycles.